The fourth-order valence-corrected chi connectivity index (χ4v) is 2.23. The summed E-state index contributed by atoms with van der Waals surface area (Å²) in [5.74, 6) is 0.778. The van der Waals surface area contributed by atoms with Gasteiger partial charge in [-0.2, -0.15) is 0 Å². The van der Waals surface area contributed by atoms with Crippen molar-refractivity contribution in [1.29, 1.82) is 0 Å². The molecule has 0 bridgehead atoms. The number of carbonyl (C=O) groups excluding carboxylic acids is 1. The van der Waals surface area contributed by atoms with E-state index in [-0.39, 0.29) is 17.4 Å². The molecule has 1 amide bonds. The van der Waals surface area contributed by atoms with Gasteiger partial charge in [-0.25, -0.2) is 0 Å². The first-order valence-electron chi connectivity index (χ1n) is 7.20. The molecule has 0 aliphatic heterocycles. The molecule has 23 heavy (non-hydrogen) atoms. The van der Waals surface area contributed by atoms with E-state index >= 15 is 0 Å². The van der Waals surface area contributed by atoms with Gasteiger partial charge in [-0.15, -0.1) is 0 Å². The lowest BCUT2D eigenvalue weighted by Gasteiger charge is -2.05. The molecule has 118 valence electrons. The molecule has 3 rings (SSSR count). The van der Waals surface area contributed by atoms with E-state index in [1.165, 1.54) is 5.56 Å². The number of benzene rings is 1. The Bertz CT molecular complexity index is 831. The molecule has 2 aromatic heterocycles. The average molecular weight is 311 g/mol. The summed E-state index contributed by atoms with van der Waals surface area (Å²) >= 11 is 0. The van der Waals surface area contributed by atoms with Crippen LogP contribution in [0.4, 0.5) is 5.88 Å². The lowest BCUT2D eigenvalue weighted by atomic mass is 10.1. The van der Waals surface area contributed by atoms with Crippen LogP contribution in [0.1, 0.15) is 27.2 Å². The molecule has 0 radical (unpaired) electrons. The fraction of sp³-hybridized carbons (Fsp3) is 0.176. The van der Waals surface area contributed by atoms with Crippen LogP contribution in [-0.2, 0) is 6.54 Å². The number of hydrogen-bond donors (Lipinski definition) is 2. The summed E-state index contributed by atoms with van der Waals surface area (Å²) in [6, 6.07) is 11.4. The first kappa shape index (κ1) is 14.9. The second kappa shape index (κ2) is 6.00. The van der Waals surface area contributed by atoms with Gasteiger partial charge in [-0.05, 0) is 31.5 Å². The topological polar surface area (TPSA) is 94.3 Å². The van der Waals surface area contributed by atoms with E-state index in [0.717, 1.165) is 5.56 Å². The monoisotopic (exact) mass is 311 g/mol. The van der Waals surface area contributed by atoms with Crippen LogP contribution in [-0.4, -0.2) is 11.1 Å². The van der Waals surface area contributed by atoms with Crippen LogP contribution in [0.2, 0.25) is 0 Å². The van der Waals surface area contributed by atoms with Crippen molar-refractivity contribution >= 4 is 11.8 Å². The Kier molecular flexibility index (Phi) is 3.89. The van der Waals surface area contributed by atoms with Crippen LogP contribution >= 0.6 is 0 Å². The van der Waals surface area contributed by atoms with Crippen molar-refractivity contribution < 1.29 is 13.7 Å². The Hall–Kier alpha value is -3.02. The standard InChI is InChI=1S/C17H17N3O3/c1-10-3-6-12(7-4-10)9-19-17(21)14-15(20-23-16(14)18)13-8-5-11(2)22-13/h3-8H,9,18H2,1-2H3,(H,19,21). The molecule has 0 saturated carbocycles. The van der Waals surface area contributed by atoms with E-state index in [0.29, 0.717) is 23.8 Å². The van der Waals surface area contributed by atoms with Gasteiger partial charge >= 0.3 is 0 Å². The smallest absolute Gasteiger partial charge is 0.259 e. The summed E-state index contributed by atoms with van der Waals surface area (Å²) < 4.78 is 10.4. The van der Waals surface area contributed by atoms with Crippen molar-refractivity contribution in [1.82, 2.24) is 10.5 Å². The predicted molar refractivity (Wildman–Crippen MR) is 85.7 cm³/mol. The Balaban J connectivity index is 1.79. The number of nitrogens with one attached hydrogen (secondary N) is 1. The van der Waals surface area contributed by atoms with Gasteiger partial charge in [0.25, 0.3) is 5.91 Å². The lowest BCUT2D eigenvalue weighted by Crippen LogP contribution is -2.23. The van der Waals surface area contributed by atoms with Gasteiger partial charge in [0.15, 0.2) is 11.5 Å². The van der Waals surface area contributed by atoms with Gasteiger partial charge in [-0.1, -0.05) is 35.0 Å². The number of carbonyl (C=O) groups is 1. The predicted octanol–water partition coefficient (Wildman–Crippen LogP) is 3.06. The minimum Gasteiger partial charge on any atom is -0.460 e. The molecule has 0 aliphatic carbocycles. The summed E-state index contributed by atoms with van der Waals surface area (Å²) in [6.07, 6.45) is 0. The number of aryl methyl sites for hydroxylation is 2. The molecule has 6 nitrogen and oxygen atoms in total. The van der Waals surface area contributed by atoms with Crippen LogP contribution in [0.25, 0.3) is 11.5 Å². The lowest BCUT2D eigenvalue weighted by molar-refractivity contribution is 0.0952. The number of nitrogen functional groups attached to an aromatic ring is 1. The summed E-state index contributed by atoms with van der Waals surface area (Å²) in [6.45, 7) is 4.21. The maximum Gasteiger partial charge on any atom is 0.259 e. The number of nitrogens with zero attached hydrogens (tertiary/aromatic N) is 1. The van der Waals surface area contributed by atoms with Crippen LogP contribution in [0, 0.1) is 13.8 Å². The van der Waals surface area contributed by atoms with Crippen molar-refractivity contribution in [3.63, 3.8) is 0 Å². The number of rotatable bonds is 4. The molecular weight excluding hydrogens is 294 g/mol. The summed E-state index contributed by atoms with van der Waals surface area (Å²) in [7, 11) is 0. The summed E-state index contributed by atoms with van der Waals surface area (Å²) in [5, 5.41) is 6.65. The van der Waals surface area contributed by atoms with Crippen molar-refractivity contribution in [3.05, 3.63) is 58.8 Å². The normalized spacial score (nSPS) is 10.7. The zero-order valence-electron chi connectivity index (χ0n) is 12.9. The molecule has 6 heteroatoms. The second-order valence-electron chi connectivity index (χ2n) is 5.35. The molecule has 0 unspecified atom stereocenters. The van der Waals surface area contributed by atoms with Crippen molar-refractivity contribution in [3.8, 4) is 11.5 Å². The number of anilines is 1. The number of aromatic nitrogens is 1. The molecule has 1 aromatic carbocycles. The van der Waals surface area contributed by atoms with E-state index in [1.54, 1.807) is 12.1 Å². The molecule has 0 spiro atoms. The van der Waals surface area contributed by atoms with E-state index < -0.39 is 0 Å². The van der Waals surface area contributed by atoms with Crippen LogP contribution in [0.3, 0.4) is 0 Å². The van der Waals surface area contributed by atoms with E-state index in [4.69, 9.17) is 14.7 Å². The number of amides is 1. The van der Waals surface area contributed by atoms with Crippen LogP contribution < -0.4 is 11.1 Å². The molecule has 0 fully saturated rings. The SMILES string of the molecule is Cc1ccc(CNC(=O)c2c(-c3ccc(C)o3)noc2N)cc1. The first-order valence-corrected chi connectivity index (χ1v) is 7.20. The highest BCUT2D eigenvalue weighted by Crippen LogP contribution is 2.28. The third kappa shape index (κ3) is 3.11. The third-order valence-electron chi connectivity index (χ3n) is 3.49. The van der Waals surface area contributed by atoms with E-state index in [9.17, 15) is 4.79 Å². The number of furan rings is 1. The van der Waals surface area contributed by atoms with E-state index in [1.807, 2.05) is 38.1 Å². The quantitative estimate of drug-likeness (QED) is 0.772. The van der Waals surface area contributed by atoms with Gasteiger partial charge in [0.1, 0.15) is 11.3 Å². The average Bonchev–Trinajstić information content (AvgIpc) is 3.12. The second-order valence-corrected chi connectivity index (χ2v) is 5.35. The fourth-order valence-electron chi connectivity index (χ4n) is 2.23. The number of nitrogens with two attached hydrogens (primary N) is 1. The minimum atomic E-state index is -0.353. The van der Waals surface area contributed by atoms with Crippen molar-refractivity contribution in [2.75, 3.05) is 5.73 Å². The molecule has 2 heterocycles. The molecule has 0 saturated heterocycles. The maximum absolute atomic E-state index is 12.4. The highest BCUT2D eigenvalue weighted by Gasteiger charge is 2.24. The third-order valence-corrected chi connectivity index (χ3v) is 3.49. The summed E-state index contributed by atoms with van der Waals surface area (Å²) in [5.41, 5.74) is 8.39. The first-order chi connectivity index (χ1) is 11.0. The zero-order valence-corrected chi connectivity index (χ0v) is 12.9. The highest BCUT2D eigenvalue weighted by atomic mass is 16.5. The van der Waals surface area contributed by atoms with Crippen LogP contribution in [0.5, 0.6) is 0 Å². The molecule has 0 aliphatic rings. The Morgan fingerprint density at radius 3 is 2.57 bits per heavy atom. The molecule has 0 atom stereocenters. The van der Waals surface area contributed by atoms with Crippen LogP contribution in [0.15, 0.2) is 45.3 Å². The van der Waals surface area contributed by atoms with Gasteiger partial charge in [0.2, 0.25) is 5.88 Å². The maximum atomic E-state index is 12.4. The van der Waals surface area contributed by atoms with E-state index in [2.05, 4.69) is 10.5 Å². The van der Waals surface area contributed by atoms with Gasteiger partial charge in [0.05, 0.1) is 0 Å². The minimum absolute atomic E-state index is 0.0320. The summed E-state index contributed by atoms with van der Waals surface area (Å²) in [4.78, 5) is 12.4. The highest BCUT2D eigenvalue weighted by molar-refractivity contribution is 6.03. The van der Waals surface area contributed by atoms with Gasteiger partial charge < -0.3 is 20.0 Å². The molecular formula is C17H17N3O3. The van der Waals surface area contributed by atoms with Crippen molar-refractivity contribution in [2.24, 2.45) is 0 Å². The Morgan fingerprint density at radius 2 is 1.91 bits per heavy atom. The number of hydrogen-bond acceptors (Lipinski definition) is 5. The van der Waals surface area contributed by atoms with Crippen molar-refractivity contribution in [2.45, 2.75) is 20.4 Å². The molecule has 3 N–H and O–H groups in total. The molecule has 3 aromatic rings. The Morgan fingerprint density at radius 1 is 1.17 bits per heavy atom. The Labute approximate surface area is 133 Å². The zero-order chi connectivity index (χ0) is 16.4. The largest absolute Gasteiger partial charge is 0.460 e. The van der Waals surface area contributed by atoms with Gasteiger partial charge in [-0.3, -0.25) is 4.79 Å². The van der Waals surface area contributed by atoms with Gasteiger partial charge in [0, 0.05) is 6.54 Å².